The van der Waals surface area contributed by atoms with Gasteiger partial charge in [0.05, 0.1) is 6.10 Å². The van der Waals surface area contributed by atoms with Crippen LogP contribution in [0, 0.1) is 0 Å². The highest BCUT2D eigenvalue weighted by molar-refractivity contribution is 7.17. The molecule has 1 aliphatic heterocycles. The van der Waals surface area contributed by atoms with Crippen molar-refractivity contribution in [1.29, 1.82) is 0 Å². The minimum absolute atomic E-state index is 0.389. The first-order valence-electron chi connectivity index (χ1n) is 7.68. The van der Waals surface area contributed by atoms with E-state index in [0.29, 0.717) is 12.1 Å². The van der Waals surface area contributed by atoms with Crippen LogP contribution in [-0.4, -0.2) is 25.3 Å². The Bertz CT molecular complexity index is 545. The van der Waals surface area contributed by atoms with E-state index in [0.717, 1.165) is 19.6 Å². The molecule has 1 N–H and O–H groups in total. The number of fused-ring (bicyclic) bond motifs is 1. The molecule has 2 heterocycles. The summed E-state index contributed by atoms with van der Waals surface area (Å²) in [5.41, 5.74) is 1.47. The van der Waals surface area contributed by atoms with E-state index in [9.17, 15) is 0 Å². The van der Waals surface area contributed by atoms with Gasteiger partial charge in [0.15, 0.2) is 0 Å². The Kier molecular flexibility index (Phi) is 4.71. The molecule has 0 amide bonds. The van der Waals surface area contributed by atoms with E-state index in [2.05, 4.69) is 41.9 Å². The van der Waals surface area contributed by atoms with Gasteiger partial charge >= 0.3 is 0 Å². The third-order valence-electron chi connectivity index (χ3n) is 4.07. The SMILES string of the molecule is CCCNC(Cc1csc2ccccc12)C1CCCO1. The highest BCUT2D eigenvalue weighted by atomic mass is 32.1. The fraction of sp³-hybridized carbons (Fsp3) is 0.529. The normalized spacial score (nSPS) is 20.6. The largest absolute Gasteiger partial charge is 0.377 e. The molecule has 1 aliphatic rings. The van der Waals surface area contributed by atoms with Gasteiger partial charge in [0, 0.05) is 17.3 Å². The van der Waals surface area contributed by atoms with Gasteiger partial charge in [0.1, 0.15) is 0 Å². The van der Waals surface area contributed by atoms with Crippen LogP contribution in [0.25, 0.3) is 10.1 Å². The molecule has 2 unspecified atom stereocenters. The Labute approximate surface area is 125 Å². The second-order valence-electron chi connectivity index (χ2n) is 5.57. The smallest absolute Gasteiger partial charge is 0.0732 e. The van der Waals surface area contributed by atoms with Crippen molar-refractivity contribution in [2.45, 2.75) is 44.8 Å². The molecule has 2 atom stereocenters. The average molecular weight is 289 g/mol. The molecule has 108 valence electrons. The van der Waals surface area contributed by atoms with Gasteiger partial charge in [-0.25, -0.2) is 0 Å². The van der Waals surface area contributed by atoms with Crippen LogP contribution >= 0.6 is 11.3 Å². The second-order valence-corrected chi connectivity index (χ2v) is 6.48. The van der Waals surface area contributed by atoms with Crippen molar-refractivity contribution in [3.8, 4) is 0 Å². The van der Waals surface area contributed by atoms with Crippen LogP contribution in [0.2, 0.25) is 0 Å². The lowest BCUT2D eigenvalue weighted by molar-refractivity contribution is 0.0785. The summed E-state index contributed by atoms with van der Waals surface area (Å²) >= 11 is 1.85. The number of hydrogen-bond donors (Lipinski definition) is 1. The third-order valence-corrected chi connectivity index (χ3v) is 5.08. The Morgan fingerprint density at radius 2 is 2.30 bits per heavy atom. The summed E-state index contributed by atoms with van der Waals surface area (Å²) in [4.78, 5) is 0. The minimum atomic E-state index is 0.389. The van der Waals surface area contributed by atoms with Crippen molar-refractivity contribution in [2.24, 2.45) is 0 Å². The number of benzene rings is 1. The Morgan fingerprint density at radius 1 is 1.40 bits per heavy atom. The quantitative estimate of drug-likeness (QED) is 0.868. The van der Waals surface area contributed by atoms with Gasteiger partial charge in [-0.1, -0.05) is 25.1 Å². The molecule has 1 aromatic heterocycles. The van der Waals surface area contributed by atoms with E-state index in [1.54, 1.807) is 0 Å². The lowest BCUT2D eigenvalue weighted by Gasteiger charge is -2.24. The zero-order chi connectivity index (χ0) is 13.8. The predicted molar refractivity (Wildman–Crippen MR) is 86.6 cm³/mol. The van der Waals surface area contributed by atoms with Gasteiger partial charge in [0.25, 0.3) is 0 Å². The van der Waals surface area contributed by atoms with E-state index >= 15 is 0 Å². The van der Waals surface area contributed by atoms with Crippen molar-refractivity contribution >= 4 is 21.4 Å². The molecular formula is C17H23NOS. The first kappa shape index (κ1) is 14.1. The molecule has 0 radical (unpaired) electrons. The van der Waals surface area contributed by atoms with E-state index in [-0.39, 0.29) is 0 Å². The number of hydrogen-bond acceptors (Lipinski definition) is 3. The first-order chi connectivity index (χ1) is 9.88. The van der Waals surface area contributed by atoms with Crippen LogP contribution < -0.4 is 5.32 Å². The molecule has 1 fully saturated rings. The second kappa shape index (κ2) is 6.70. The molecule has 1 saturated heterocycles. The Balaban J connectivity index is 1.77. The summed E-state index contributed by atoms with van der Waals surface area (Å²) in [5, 5.41) is 7.43. The Hall–Kier alpha value is -0.900. The standard InChI is InChI=1S/C17H23NOS/c1-2-9-18-15(16-7-5-10-19-16)11-13-12-20-17-8-4-3-6-14(13)17/h3-4,6,8,12,15-16,18H,2,5,7,9-11H2,1H3. The van der Waals surface area contributed by atoms with Crippen LogP contribution in [0.3, 0.4) is 0 Å². The van der Waals surface area contributed by atoms with E-state index in [4.69, 9.17) is 4.74 Å². The minimum Gasteiger partial charge on any atom is -0.377 e. The molecule has 0 spiro atoms. The fourth-order valence-electron chi connectivity index (χ4n) is 3.01. The molecule has 3 rings (SSSR count). The van der Waals surface area contributed by atoms with Crippen molar-refractivity contribution in [3.63, 3.8) is 0 Å². The third kappa shape index (κ3) is 3.05. The van der Waals surface area contributed by atoms with E-state index in [1.165, 1.54) is 34.9 Å². The summed E-state index contributed by atoms with van der Waals surface area (Å²) in [7, 11) is 0. The van der Waals surface area contributed by atoms with Gasteiger partial charge < -0.3 is 10.1 Å². The number of ether oxygens (including phenoxy) is 1. The average Bonchev–Trinajstić information content (AvgIpc) is 3.13. The van der Waals surface area contributed by atoms with Crippen LogP contribution in [0.4, 0.5) is 0 Å². The molecule has 0 saturated carbocycles. The number of rotatable bonds is 6. The monoisotopic (exact) mass is 289 g/mol. The van der Waals surface area contributed by atoms with Crippen molar-refractivity contribution in [2.75, 3.05) is 13.2 Å². The summed E-state index contributed by atoms with van der Waals surface area (Å²) in [5.74, 6) is 0. The fourth-order valence-corrected chi connectivity index (χ4v) is 3.99. The topological polar surface area (TPSA) is 21.3 Å². The molecule has 0 bridgehead atoms. The van der Waals surface area contributed by atoms with E-state index in [1.807, 2.05) is 11.3 Å². The number of thiophene rings is 1. The summed E-state index contributed by atoms with van der Waals surface area (Å²) in [6, 6.07) is 9.17. The van der Waals surface area contributed by atoms with Crippen LogP contribution in [0.15, 0.2) is 29.6 Å². The highest BCUT2D eigenvalue weighted by Gasteiger charge is 2.26. The maximum absolute atomic E-state index is 5.91. The molecule has 1 aromatic carbocycles. The molecule has 2 nitrogen and oxygen atoms in total. The van der Waals surface area contributed by atoms with Gasteiger partial charge in [-0.15, -0.1) is 11.3 Å². The van der Waals surface area contributed by atoms with Crippen LogP contribution in [0.1, 0.15) is 31.7 Å². The van der Waals surface area contributed by atoms with Crippen molar-refractivity contribution in [3.05, 3.63) is 35.2 Å². The van der Waals surface area contributed by atoms with Gasteiger partial charge in [0.2, 0.25) is 0 Å². The maximum Gasteiger partial charge on any atom is 0.0732 e. The summed E-state index contributed by atoms with van der Waals surface area (Å²) in [6.45, 7) is 4.23. The Morgan fingerprint density at radius 3 is 3.10 bits per heavy atom. The first-order valence-corrected chi connectivity index (χ1v) is 8.56. The molecular weight excluding hydrogens is 266 g/mol. The zero-order valence-electron chi connectivity index (χ0n) is 12.1. The van der Waals surface area contributed by atoms with Crippen molar-refractivity contribution < 1.29 is 4.74 Å². The zero-order valence-corrected chi connectivity index (χ0v) is 12.9. The molecule has 2 aromatic rings. The van der Waals surface area contributed by atoms with Crippen molar-refractivity contribution in [1.82, 2.24) is 5.32 Å². The molecule has 20 heavy (non-hydrogen) atoms. The predicted octanol–water partition coefficient (Wildman–Crippen LogP) is 3.99. The lowest BCUT2D eigenvalue weighted by Crippen LogP contribution is -2.41. The molecule has 0 aliphatic carbocycles. The van der Waals surface area contributed by atoms with E-state index < -0.39 is 0 Å². The maximum atomic E-state index is 5.91. The summed E-state index contributed by atoms with van der Waals surface area (Å²) in [6.07, 6.45) is 5.05. The van der Waals surface area contributed by atoms with Crippen LogP contribution in [0.5, 0.6) is 0 Å². The summed E-state index contributed by atoms with van der Waals surface area (Å²) < 4.78 is 7.31. The number of nitrogens with one attached hydrogen (secondary N) is 1. The lowest BCUT2D eigenvalue weighted by atomic mass is 9.99. The van der Waals surface area contributed by atoms with Gasteiger partial charge in [-0.2, -0.15) is 0 Å². The van der Waals surface area contributed by atoms with Gasteiger partial charge in [-0.05, 0) is 54.6 Å². The highest BCUT2D eigenvalue weighted by Crippen LogP contribution is 2.28. The van der Waals surface area contributed by atoms with Crippen LogP contribution in [-0.2, 0) is 11.2 Å². The molecule has 3 heteroatoms. The van der Waals surface area contributed by atoms with Gasteiger partial charge in [-0.3, -0.25) is 0 Å².